The number of nitrogens with zero attached hydrogens (tertiary/aromatic N) is 2. The number of ether oxygens (including phenoxy) is 1. The van der Waals surface area contributed by atoms with Crippen LogP contribution in [0.4, 0.5) is 16.2 Å². The van der Waals surface area contributed by atoms with Crippen molar-refractivity contribution in [2.24, 2.45) is 0 Å². The summed E-state index contributed by atoms with van der Waals surface area (Å²) in [5.41, 5.74) is 1.75. The predicted molar refractivity (Wildman–Crippen MR) is 124 cm³/mol. The van der Waals surface area contributed by atoms with E-state index in [9.17, 15) is 9.59 Å². The minimum absolute atomic E-state index is 0.315. The lowest BCUT2D eigenvalue weighted by molar-refractivity contribution is 0.0635. The second-order valence-electron chi connectivity index (χ2n) is 8.56. The highest BCUT2D eigenvalue weighted by Crippen LogP contribution is 2.27. The van der Waals surface area contributed by atoms with Crippen molar-refractivity contribution >= 4 is 34.7 Å². The molecule has 0 bridgehead atoms. The molecular weight excluding hydrogens is 414 g/mol. The van der Waals surface area contributed by atoms with Crippen LogP contribution in [0, 0.1) is 0 Å². The highest BCUT2D eigenvalue weighted by Gasteiger charge is 2.18. The topological polar surface area (TPSA) is 95.6 Å². The normalized spacial score (nSPS) is 14.4. The summed E-state index contributed by atoms with van der Waals surface area (Å²) in [6.07, 6.45) is 3.75. The largest absolute Gasteiger partial charge is 0.444 e. The van der Waals surface area contributed by atoms with Gasteiger partial charge in [-0.05, 0) is 58.3 Å². The summed E-state index contributed by atoms with van der Waals surface area (Å²) in [6, 6.07) is 3.61. The van der Waals surface area contributed by atoms with Gasteiger partial charge in [0.15, 0.2) is 0 Å². The van der Waals surface area contributed by atoms with Gasteiger partial charge in [0.1, 0.15) is 11.3 Å². The number of nitrogens with one attached hydrogen (secondary N) is 3. The minimum atomic E-state index is -0.599. The van der Waals surface area contributed by atoms with Crippen LogP contribution in [-0.4, -0.2) is 53.7 Å². The molecule has 9 heteroatoms. The molecule has 1 aliphatic heterocycles. The molecule has 2 aromatic rings. The Morgan fingerprint density at radius 1 is 1.13 bits per heavy atom. The number of thiophene rings is 1. The molecule has 0 radical (unpaired) electrons. The van der Waals surface area contributed by atoms with Crippen molar-refractivity contribution < 1.29 is 14.3 Å². The molecule has 0 spiro atoms. The van der Waals surface area contributed by atoms with E-state index in [1.54, 1.807) is 43.8 Å². The molecule has 0 aromatic carbocycles. The van der Waals surface area contributed by atoms with Crippen molar-refractivity contribution in [3.8, 4) is 0 Å². The van der Waals surface area contributed by atoms with E-state index in [1.807, 2.05) is 6.07 Å². The Hall–Kier alpha value is -2.49. The smallest absolute Gasteiger partial charge is 0.412 e. The fourth-order valence-electron chi connectivity index (χ4n) is 3.23. The van der Waals surface area contributed by atoms with E-state index in [0.29, 0.717) is 17.1 Å². The lowest BCUT2D eigenvalue weighted by Gasteiger charge is -2.19. The Bertz CT molecular complexity index is 870. The molecule has 3 N–H and O–H groups in total. The second kappa shape index (κ2) is 10.7. The van der Waals surface area contributed by atoms with E-state index in [0.717, 1.165) is 25.2 Å². The highest BCUT2D eigenvalue weighted by molar-refractivity contribution is 7.09. The van der Waals surface area contributed by atoms with E-state index in [-0.39, 0.29) is 5.91 Å². The number of aromatic nitrogens is 1. The number of likely N-dealkylation sites (tertiary alicyclic amines) is 1. The van der Waals surface area contributed by atoms with Gasteiger partial charge in [-0.25, -0.2) is 4.79 Å². The first-order chi connectivity index (χ1) is 14.8. The number of pyridine rings is 1. The van der Waals surface area contributed by atoms with Gasteiger partial charge < -0.3 is 20.3 Å². The maximum Gasteiger partial charge on any atom is 0.412 e. The number of anilines is 2. The number of hydrogen-bond acceptors (Lipinski definition) is 7. The molecule has 168 valence electrons. The second-order valence-corrected chi connectivity index (χ2v) is 9.30. The molecule has 3 heterocycles. The summed E-state index contributed by atoms with van der Waals surface area (Å²) >= 11 is 1.37. The number of amides is 2. The SMILES string of the molecule is CC(C)(C)OC(=O)Nc1cscc1NC(=O)c1ccc(CNCCN2CCCC2)cn1. The standard InChI is InChI=1S/C22H31N5O3S/c1-22(2,3)30-21(29)26-19-15-31-14-18(19)25-20(28)17-7-6-16(13-24-17)12-23-8-11-27-9-4-5-10-27/h6-7,13-15,23H,4-5,8-12H2,1-3H3,(H,25,28)(H,26,29). The van der Waals surface area contributed by atoms with E-state index in [1.165, 1.54) is 37.3 Å². The number of hydrogen-bond donors (Lipinski definition) is 3. The third kappa shape index (κ3) is 7.61. The van der Waals surface area contributed by atoms with Gasteiger partial charge in [-0.2, -0.15) is 0 Å². The van der Waals surface area contributed by atoms with Gasteiger partial charge in [0.25, 0.3) is 5.91 Å². The Balaban J connectivity index is 1.47. The van der Waals surface area contributed by atoms with Gasteiger partial charge in [-0.3, -0.25) is 15.1 Å². The minimum Gasteiger partial charge on any atom is -0.444 e. The van der Waals surface area contributed by atoms with E-state index >= 15 is 0 Å². The van der Waals surface area contributed by atoms with Crippen LogP contribution >= 0.6 is 11.3 Å². The fraction of sp³-hybridized carbons (Fsp3) is 0.500. The van der Waals surface area contributed by atoms with Crippen LogP contribution in [0.5, 0.6) is 0 Å². The van der Waals surface area contributed by atoms with Crippen molar-refractivity contribution in [1.29, 1.82) is 0 Å². The zero-order chi connectivity index (χ0) is 22.3. The maximum atomic E-state index is 12.6. The zero-order valence-electron chi connectivity index (χ0n) is 18.4. The van der Waals surface area contributed by atoms with Crippen molar-refractivity contribution in [2.75, 3.05) is 36.8 Å². The lowest BCUT2D eigenvalue weighted by atomic mass is 10.2. The highest BCUT2D eigenvalue weighted by atomic mass is 32.1. The first-order valence-electron chi connectivity index (χ1n) is 10.6. The summed E-state index contributed by atoms with van der Waals surface area (Å²) < 4.78 is 5.26. The van der Waals surface area contributed by atoms with Crippen molar-refractivity contribution in [1.82, 2.24) is 15.2 Å². The first-order valence-corrected chi connectivity index (χ1v) is 11.5. The summed E-state index contributed by atoms with van der Waals surface area (Å²) in [5.74, 6) is -0.334. The molecule has 0 saturated carbocycles. The van der Waals surface area contributed by atoms with Crippen LogP contribution in [0.15, 0.2) is 29.1 Å². The van der Waals surface area contributed by atoms with Crippen molar-refractivity contribution in [3.05, 3.63) is 40.3 Å². The van der Waals surface area contributed by atoms with Gasteiger partial charge in [0.2, 0.25) is 0 Å². The number of carbonyl (C=O) groups excluding carboxylic acids is 2. The van der Waals surface area contributed by atoms with E-state index in [2.05, 4.69) is 25.8 Å². The molecule has 1 fully saturated rings. The van der Waals surface area contributed by atoms with E-state index in [4.69, 9.17) is 4.74 Å². The van der Waals surface area contributed by atoms with Gasteiger partial charge in [-0.15, -0.1) is 11.3 Å². The molecule has 0 unspecified atom stereocenters. The molecule has 2 amide bonds. The summed E-state index contributed by atoms with van der Waals surface area (Å²) in [5, 5.41) is 12.4. The molecule has 1 saturated heterocycles. The molecule has 3 rings (SSSR count). The number of carbonyl (C=O) groups is 2. The Morgan fingerprint density at radius 2 is 1.84 bits per heavy atom. The van der Waals surface area contributed by atoms with E-state index < -0.39 is 11.7 Å². The molecular formula is C22H31N5O3S. The van der Waals surface area contributed by atoms with Crippen LogP contribution < -0.4 is 16.0 Å². The average Bonchev–Trinajstić information content (AvgIpc) is 3.37. The van der Waals surface area contributed by atoms with Crippen LogP contribution in [0.1, 0.15) is 49.7 Å². The number of rotatable bonds is 8. The summed E-state index contributed by atoms with van der Waals surface area (Å²) in [6.45, 7) is 10.5. The van der Waals surface area contributed by atoms with Gasteiger partial charge in [-0.1, -0.05) is 6.07 Å². The fourth-order valence-corrected chi connectivity index (χ4v) is 3.94. The first kappa shape index (κ1) is 23.2. The zero-order valence-corrected chi connectivity index (χ0v) is 19.2. The molecule has 0 aliphatic carbocycles. The van der Waals surface area contributed by atoms with Gasteiger partial charge in [0.05, 0.1) is 11.4 Å². The van der Waals surface area contributed by atoms with Crippen LogP contribution in [0.25, 0.3) is 0 Å². The summed E-state index contributed by atoms with van der Waals surface area (Å²) in [7, 11) is 0. The molecule has 8 nitrogen and oxygen atoms in total. The predicted octanol–water partition coefficient (Wildman–Crippen LogP) is 3.93. The monoisotopic (exact) mass is 445 g/mol. The van der Waals surface area contributed by atoms with Gasteiger partial charge >= 0.3 is 6.09 Å². The lowest BCUT2D eigenvalue weighted by Crippen LogP contribution is -2.29. The quantitative estimate of drug-likeness (QED) is 0.533. The van der Waals surface area contributed by atoms with Crippen molar-refractivity contribution in [2.45, 2.75) is 45.8 Å². The Labute approximate surface area is 187 Å². The van der Waals surface area contributed by atoms with Gasteiger partial charge in [0, 0.05) is 36.6 Å². The summed E-state index contributed by atoms with van der Waals surface area (Å²) in [4.78, 5) is 31.3. The molecule has 31 heavy (non-hydrogen) atoms. The van der Waals surface area contributed by atoms with Crippen LogP contribution in [-0.2, 0) is 11.3 Å². The van der Waals surface area contributed by atoms with Crippen LogP contribution in [0.2, 0.25) is 0 Å². The third-order valence-electron chi connectivity index (χ3n) is 4.74. The average molecular weight is 446 g/mol. The van der Waals surface area contributed by atoms with Crippen LogP contribution in [0.3, 0.4) is 0 Å². The third-order valence-corrected chi connectivity index (χ3v) is 5.48. The molecule has 2 aromatic heterocycles. The Kier molecular flexibility index (Phi) is 8.00. The molecule has 0 atom stereocenters. The maximum absolute atomic E-state index is 12.6. The molecule has 1 aliphatic rings. The van der Waals surface area contributed by atoms with Crippen molar-refractivity contribution in [3.63, 3.8) is 0 Å². The Morgan fingerprint density at radius 3 is 2.48 bits per heavy atom.